The van der Waals surface area contributed by atoms with Crippen LogP contribution < -0.4 is 4.72 Å². The summed E-state index contributed by atoms with van der Waals surface area (Å²) < 4.78 is 27.1. The Morgan fingerprint density at radius 3 is 2.48 bits per heavy atom. The zero-order chi connectivity index (χ0) is 15.5. The van der Waals surface area contributed by atoms with Gasteiger partial charge in [0.1, 0.15) is 5.15 Å². The first kappa shape index (κ1) is 15.8. The highest BCUT2D eigenvalue weighted by molar-refractivity contribution is 7.92. The fraction of sp³-hybridized carbons (Fsp3) is 0.267. The summed E-state index contributed by atoms with van der Waals surface area (Å²) in [6.45, 7) is 4.21. The molecule has 1 aromatic heterocycles. The average molecular weight is 325 g/mol. The van der Waals surface area contributed by atoms with Gasteiger partial charge in [0.15, 0.2) is 0 Å². The Morgan fingerprint density at radius 2 is 1.90 bits per heavy atom. The smallest absolute Gasteiger partial charge is 0.261 e. The molecule has 0 spiro atoms. The number of aromatic nitrogens is 1. The number of hydrogen-bond donors (Lipinski definition) is 1. The molecule has 0 amide bonds. The molecule has 21 heavy (non-hydrogen) atoms. The second kappa shape index (κ2) is 6.45. The summed E-state index contributed by atoms with van der Waals surface area (Å²) in [5.41, 5.74) is 1.52. The van der Waals surface area contributed by atoms with Crippen molar-refractivity contribution in [3.63, 3.8) is 0 Å². The summed E-state index contributed by atoms with van der Waals surface area (Å²) >= 11 is 5.75. The van der Waals surface area contributed by atoms with E-state index in [2.05, 4.69) is 23.6 Å². The normalized spacial score (nSPS) is 12.9. The van der Waals surface area contributed by atoms with E-state index in [0.717, 1.165) is 12.0 Å². The summed E-state index contributed by atoms with van der Waals surface area (Å²) in [4.78, 5) is 4.04. The van der Waals surface area contributed by atoms with Gasteiger partial charge in [-0.05, 0) is 42.2 Å². The molecule has 0 aliphatic heterocycles. The van der Waals surface area contributed by atoms with Gasteiger partial charge in [0.25, 0.3) is 10.0 Å². The van der Waals surface area contributed by atoms with Crippen molar-refractivity contribution in [2.45, 2.75) is 31.1 Å². The molecule has 6 heteroatoms. The van der Waals surface area contributed by atoms with Crippen LogP contribution in [0.15, 0.2) is 47.5 Å². The summed E-state index contributed by atoms with van der Waals surface area (Å²) in [6.07, 6.45) is 2.46. The summed E-state index contributed by atoms with van der Waals surface area (Å²) in [5.74, 6) is 0.411. The molecule has 0 bridgehead atoms. The van der Waals surface area contributed by atoms with Crippen LogP contribution in [0.3, 0.4) is 0 Å². The van der Waals surface area contributed by atoms with Gasteiger partial charge in [0, 0.05) is 6.20 Å². The Morgan fingerprint density at radius 1 is 1.24 bits per heavy atom. The minimum Gasteiger partial charge on any atom is -0.279 e. The molecular weight excluding hydrogens is 308 g/mol. The number of nitrogens with zero attached hydrogens (tertiary/aromatic N) is 1. The van der Waals surface area contributed by atoms with E-state index in [1.807, 2.05) is 12.1 Å². The van der Waals surface area contributed by atoms with Gasteiger partial charge in [-0.2, -0.15) is 0 Å². The minimum atomic E-state index is -3.62. The molecule has 1 unspecified atom stereocenters. The molecule has 0 aliphatic rings. The highest BCUT2D eigenvalue weighted by atomic mass is 35.5. The number of benzene rings is 1. The first-order valence-corrected chi connectivity index (χ1v) is 8.53. The van der Waals surface area contributed by atoms with Crippen molar-refractivity contribution >= 4 is 27.3 Å². The van der Waals surface area contributed by atoms with E-state index >= 15 is 0 Å². The molecule has 2 aromatic rings. The van der Waals surface area contributed by atoms with Crippen molar-refractivity contribution in [2.24, 2.45) is 0 Å². The number of halogens is 1. The molecule has 112 valence electrons. The largest absolute Gasteiger partial charge is 0.279 e. The molecule has 0 saturated carbocycles. The average Bonchev–Trinajstić information content (AvgIpc) is 2.46. The molecule has 4 nitrogen and oxygen atoms in total. The maximum Gasteiger partial charge on any atom is 0.261 e. The molecule has 0 fully saturated rings. The molecule has 1 atom stereocenters. The Bertz CT molecular complexity index is 715. The number of sulfonamides is 1. The standard InChI is InChI=1S/C15H17ClN2O2S/c1-3-11(2)12-4-6-14(7-5-12)21(19,20)18-13-8-9-17-15(16)10-13/h4-11H,3H2,1-2H3,(H,17,18). The van der Waals surface area contributed by atoms with Crippen LogP contribution in [0.1, 0.15) is 31.7 Å². The number of pyridine rings is 1. The van der Waals surface area contributed by atoms with E-state index in [1.54, 1.807) is 18.2 Å². The number of hydrogen-bond acceptors (Lipinski definition) is 3. The van der Waals surface area contributed by atoms with E-state index in [1.165, 1.54) is 12.3 Å². The van der Waals surface area contributed by atoms with Gasteiger partial charge in [-0.25, -0.2) is 13.4 Å². The van der Waals surface area contributed by atoms with Crippen LogP contribution in [0.5, 0.6) is 0 Å². The number of nitrogens with one attached hydrogen (secondary N) is 1. The lowest BCUT2D eigenvalue weighted by atomic mass is 9.99. The topological polar surface area (TPSA) is 59.1 Å². The minimum absolute atomic E-state index is 0.225. The van der Waals surface area contributed by atoms with Crippen molar-refractivity contribution in [3.05, 3.63) is 53.3 Å². The summed E-state index contributed by atoms with van der Waals surface area (Å²) in [7, 11) is -3.62. The van der Waals surface area contributed by atoms with Crippen LogP contribution in [0.4, 0.5) is 5.69 Å². The maximum absolute atomic E-state index is 12.3. The lowest BCUT2D eigenvalue weighted by molar-refractivity contribution is 0.601. The van der Waals surface area contributed by atoms with Gasteiger partial charge < -0.3 is 0 Å². The van der Waals surface area contributed by atoms with Crippen LogP contribution in [-0.4, -0.2) is 13.4 Å². The van der Waals surface area contributed by atoms with Gasteiger partial charge in [-0.15, -0.1) is 0 Å². The lowest BCUT2D eigenvalue weighted by Crippen LogP contribution is -2.13. The van der Waals surface area contributed by atoms with Gasteiger partial charge in [-0.3, -0.25) is 4.72 Å². The SMILES string of the molecule is CCC(C)c1ccc(S(=O)(=O)Nc2ccnc(Cl)c2)cc1. The quantitative estimate of drug-likeness (QED) is 0.844. The van der Waals surface area contributed by atoms with Gasteiger partial charge in [-0.1, -0.05) is 37.6 Å². The number of rotatable bonds is 5. The zero-order valence-electron chi connectivity index (χ0n) is 11.9. The molecule has 1 N–H and O–H groups in total. The van der Waals surface area contributed by atoms with Crippen LogP contribution in [0.2, 0.25) is 5.15 Å². The van der Waals surface area contributed by atoms with Gasteiger partial charge in [0.05, 0.1) is 10.6 Å². The van der Waals surface area contributed by atoms with E-state index in [0.29, 0.717) is 11.6 Å². The third-order valence-electron chi connectivity index (χ3n) is 3.35. The van der Waals surface area contributed by atoms with E-state index in [9.17, 15) is 8.42 Å². The van der Waals surface area contributed by atoms with Crippen molar-refractivity contribution in [1.29, 1.82) is 0 Å². The van der Waals surface area contributed by atoms with E-state index in [-0.39, 0.29) is 10.0 Å². The molecule has 0 saturated heterocycles. The second-order valence-electron chi connectivity index (χ2n) is 4.85. The Balaban J connectivity index is 2.23. The van der Waals surface area contributed by atoms with Crippen molar-refractivity contribution in [3.8, 4) is 0 Å². The third kappa shape index (κ3) is 3.95. The van der Waals surface area contributed by atoms with Crippen LogP contribution >= 0.6 is 11.6 Å². The fourth-order valence-corrected chi connectivity index (χ4v) is 3.11. The molecule has 0 radical (unpaired) electrons. The maximum atomic E-state index is 12.3. The fourth-order valence-electron chi connectivity index (χ4n) is 1.89. The third-order valence-corrected chi connectivity index (χ3v) is 4.95. The molecule has 2 rings (SSSR count). The summed E-state index contributed by atoms with van der Waals surface area (Å²) in [5, 5.41) is 0.238. The summed E-state index contributed by atoms with van der Waals surface area (Å²) in [6, 6.07) is 9.95. The van der Waals surface area contributed by atoms with Crippen LogP contribution in [-0.2, 0) is 10.0 Å². The van der Waals surface area contributed by atoms with Crippen LogP contribution in [0.25, 0.3) is 0 Å². The number of anilines is 1. The van der Waals surface area contributed by atoms with Crippen molar-refractivity contribution in [2.75, 3.05) is 4.72 Å². The second-order valence-corrected chi connectivity index (χ2v) is 6.92. The highest BCUT2D eigenvalue weighted by Gasteiger charge is 2.15. The molecule has 1 aromatic carbocycles. The monoisotopic (exact) mass is 324 g/mol. The first-order chi connectivity index (χ1) is 9.92. The Kier molecular flexibility index (Phi) is 4.85. The predicted octanol–water partition coefficient (Wildman–Crippen LogP) is 4.05. The van der Waals surface area contributed by atoms with E-state index in [4.69, 9.17) is 11.6 Å². The lowest BCUT2D eigenvalue weighted by Gasteiger charge is -2.11. The van der Waals surface area contributed by atoms with Gasteiger partial charge >= 0.3 is 0 Å². The van der Waals surface area contributed by atoms with Crippen molar-refractivity contribution in [1.82, 2.24) is 4.98 Å². The zero-order valence-corrected chi connectivity index (χ0v) is 13.4. The molecule has 1 heterocycles. The molecular formula is C15H17ClN2O2S. The first-order valence-electron chi connectivity index (χ1n) is 6.66. The van der Waals surface area contributed by atoms with Gasteiger partial charge in [0.2, 0.25) is 0 Å². The van der Waals surface area contributed by atoms with E-state index < -0.39 is 10.0 Å². The predicted molar refractivity (Wildman–Crippen MR) is 85.2 cm³/mol. The van der Waals surface area contributed by atoms with Crippen LogP contribution in [0, 0.1) is 0 Å². The highest BCUT2D eigenvalue weighted by Crippen LogP contribution is 2.22. The molecule has 0 aliphatic carbocycles. The van der Waals surface area contributed by atoms with Crippen molar-refractivity contribution < 1.29 is 8.42 Å². The Labute approximate surface area is 130 Å². The Hall–Kier alpha value is -1.59.